The van der Waals surface area contributed by atoms with Crippen molar-refractivity contribution in [2.24, 2.45) is 0 Å². The van der Waals surface area contributed by atoms with Crippen LogP contribution < -0.4 is 5.32 Å². The van der Waals surface area contributed by atoms with Gasteiger partial charge in [0.1, 0.15) is 5.01 Å². The largest absolute Gasteiger partial charge is 0.343 e. The third-order valence-corrected chi connectivity index (χ3v) is 5.41. The maximum Gasteiger partial charge on any atom is 0.286 e. The molecule has 1 aromatic carbocycles. The lowest BCUT2D eigenvalue weighted by atomic mass is 10.2. The molecule has 0 aliphatic carbocycles. The highest BCUT2D eigenvalue weighted by molar-refractivity contribution is 7.13. The molecule has 0 unspecified atom stereocenters. The number of anilines is 1. The molecule has 2 heterocycles. The molecule has 1 aliphatic heterocycles. The van der Waals surface area contributed by atoms with Crippen LogP contribution in [0.2, 0.25) is 0 Å². The maximum absolute atomic E-state index is 12.3. The molecule has 0 atom stereocenters. The Bertz CT molecular complexity index is 724. The summed E-state index contributed by atoms with van der Waals surface area (Å²) >= 11 is 1.29. The van der Waals surface area contributed by atoms with Crippen molar-refractivity contribution < 1.29 is 9.59 Å². The lowest BCUT2D eigenvalue weighted by Crippen LogP contribution is -2.31. The van der Waals surface area contributed by atoms with Crippen molar-refractivity contribution in [3.05, 3.63) is 40.3 Å². The number of rotatable bonds is 6. The van der Waals surface area contributed by atoms with E-state index in [4.69, 9.17) is 0 Å². The SMILES string of the molecule is O=C(Nc1ccccc1)c1nnc(CCCC(=O)N2CCCCCC2)s1. The second-order valence-electron chi connectivity index (χ2n) is 6.47. The molecule has 138 valence electrons. The molecule has 2 amide bonds. The number of hydrogen-bond donors (Lipinski definition) is 1. The molecule has 1 aliphatic rings. The number of aryl methyl sites for hydroxylation is 1. The van der Waals surface area contributed by atoms with E-state index in [1.54, 1.807) is 0 Å². The van der Waals surface area contributed by atoms with E-state index in [2.05, 4.69) is 15.5 Å². The van der Waals surface area contributed by atoms with E-state index >= 15 is 0 Å². The second-order valence-corrected chi connectivity index (χ2v) is 7.53. The molecule has 6 nitrogen and oxygen atoms in total. The van der Waals surface area contributed by atoms with Crippen LogP contribution in [0.5, 0.6) is 0 Å². The average molecular weight is 372 g/mol. The van der Waals surface area contributed by atoms with Crippen LogP contribution in [0.4, 0.5) is 5.69 Å². The summed E-state index contributed by atoms with van der Waals surface area (Å²) in [5.74, 6) is -0.0148. The number of hydrogen-bond acceptors (Lipinski definition) is 5. The van der Waals surface area contributed by atoms with Crippen LogP contribution in [0.1, 0.15) is 53.3 Å². The Kier molecular flexibility index (Phi) is 6.71. The van der Waals surface area contributed by atoms with Crippen molar-refractivity contribution >= 4 is 28.8 Å². The number of nitrogens with one attached hydrogen (secondary N) is 1. The summed E-state index contributed by atoms with van der Waals surface area (Å²) in [4.78, 5) is 26.5. The maximum atomic E-state index is 12.3. The van der Waals surface area contributed by atoms with Crippen molar-refractivity contribution in [1.82, 2.24) is 15.1 Å². The van der Waals surface area contributed by atoms with Crippen LogP contribution >= 0.6 is 11.3 Å². The highest BCUT2D eigenvalue weighted by Gasteiger charge is 2.16. The third kappa shape index (κ3) is 5.36. The van der Waals surface area contributed by atoms with E-state index in [9.17, 15) is 9.59 Å². The summed E-state index contributed by atoms with van der Waals surface area (Å²) in [6.07, 6.45) is 6.63. The minimum Gasteiger partial charge on any atom is -0.343 e. The third-order valence-electron chi connectivity index (χ3n) is 4.43. The lowest BCUT2D eigenvalue weighted by molar-refractivity contribution is -0.131. The first kappa shape index (κ1) is 18.5. The fourth-order valence-corrected chi connectivity index (χ4v) is 3.80. The zero-order valence-electron chi connectivity index (χ0n) is 14.8. The van der Waals surface area contributed by atoms with Gasteiger partial charge in [0.15, 0.2) is 0 Å². The van der Waals surface area contributed by atoms with Crippen LogP contribution in [0.15, 0.2) is 30.3 Å². The van der Waals surface area contributed by atoms with Crippen LogP contribution in [-0.4, -0.2) is 40.0 Å². The molecule has 0 saturated carbocycles. The minimum atomic E-state index is -0.249. The van der Waals surface area contributed by atoms with Crippen molar-refractivity contribution in [3.8, 4) is 0 Å². The van der Waals surface area contributed by atoms with E-state index in [0.29, 0.717) is 17.8 Å². The zero-order chi connectivity index (χ0) is 18.2. The molecule has 1 saturated heterocycles. The molecular formula is C19H24N4O2S. The van der Waals surface area contributed by atoms with E-state index < -0.39 is 0 Å². The summed E-state index contributed by atoms with van der Waals surface area (Å²) in [6.45, 7) is 1.78. The highest BCUT2D eigenvalue weighted by Crippen LogP contribution is 2.16. The van der Waals surface area contributed by atoms with Crippen molar-refractivity contribution in [2.75, 3.05) is 18.4 Å². The predicted octanol–water partition coefficient (Wildman–Crippen LogP) is 3.52. The quantitative estimate of drug-likeness (QED) is 0.842. The standard InChI is InChI=1S/C19H24N4O2S/c24-17(23-13-6-1-2-7-14-23)12-8-11-16-21-22-19(26-16)18(25)20-15-9-4-3-5-10-15/h3-5,9-10H,1-2,6-8,11-14H2,(H,20,25). The van der Waals surface area contributed by atoms with Gasteiger partial charge in [0.05, 0.1) is 0 Å². The summed E-state index contributed by atoms with van der Waals surface area (Å²) in [5, 5.41) is 12.0. The number of benzene rings is 1. The van der Waals surface area contributed by atoms with E-state index in [0.717, 1.165) is 43.0 Å². The van der Waals surface area contributed by atoms with Gasteiger partial charge in [0, 0.05) is 31.6 Å². The molecule has 2 aromatic rings. The van der Waals surface area contributed by atoms with Crippen molar-refractivity contribution in [1.29, 1.82) is 0 Å². The Morgan fingerprint density at radius 1 is 1.04 bits per heavy atom. The number of carbonyl (C=O) groups excluding carboxylic acids is 2. The van der Waals surface area contributed by atoms with Gasteiger partial charge in [-0.2, -0.15) is 0 Å². The van der Waals surface area contributed by atoms with E-state index in [-0.39, 0.29) is 11.8 Å². The fraction of sp³-hybridized carbons (Fsp3) is 0.474. The molecular weight excluding hydrogens is 348 g/mol. The van der Waals surface area contributed by atoms with Gasteiger partial charge in [-0.25, -0.2) is 0 Å². The average Bonchev–Trinajstić information content (AvgIpc) is 2.96. The first-order valence-electron chi connectivity index (χ1n) is 9.19. The smallest absolute Gasteiger partial charge is 0.286 e. The van der Waals surface area contributed by atoms with Crippen LogP contribution in [0.3, 0.4) is 0 Å². The zero-order valence-corrected chi connectivity index (χ0v) is 15.6. The van der Waals surface area contributed by atoms with Gasteiger partial charge >= 0.3 is 0 Å². The number of amides is 2. The Morgan fingerprint density at radius 2 is 1.77 bits per heavy atom. The Balaban J connectivity index is 1.44. The first-order valence-corrected chi connectivity index (χ1v) is 10.0. The minimum absolute atomic E-state index is 0.235. The molecule has 0 bridgehead atoms. The Labute approximate surface area is 157 Å². The van der Waals surface area contributed by atoms with Crippen LogP contribution in [0, 0.1) is 0 Å². The molecule has 1 N–H and O–H groups in total. The molecule has 0 spiro atoms. The predicted molar refractivity (Wildman–Crippen MR) is 102 cm³/mol. The van der Waals surface area contributed by atoms with Gasteiger partial charge in [-0.3, -0.25) is 9.59 Å². The summed E-state index contributed by atoms with van der Waals surface area (Å²) in [6, 6.07) is 9.28. The monoisotopic (exact) mass is 372 g/mol. The van der Waals surface area contributed by atoms with Gasteiger partial charge in [-0.1, -0.05) is 42.4 Å². The molecule has 0 radical (unpaired) electrons. The highest BCUT2D eigenvalue weighted by atomic mass is 32.1. The number of likely N-dealkylation sites (tertiary alicyclic amines) is 1. The fourth-order valence-electron chi connectivity index (χ4n) is 3.02. The van der Waals surface area contributed by atoms with Gasteiger partial charge in [-0.15, -0.1) is 10.2 Å². The Hall–Kier alpha value is -2.28. The van der Waals surface area contributed by atoms with E-state index in [1.165, 1.54) is 24.2 Å². The van der Waals surface area contributed by atoms with Gasteiger partial charge < -0.3 is 10.2 Å². The summed E-state index contributed by atoms with van der Waals surface area (Å²) in [5.41, 5.74) is 0.734. The normalized spacial score (nSPS) is 14.7. The number of aromatic nitrogens is 2. The Morgan fingerprint density at radius 3 is 2.50 bits per heavy atom. The van der Waals surface area contributed by atoms with Gasteiger partial charge in [-0.05, 0) is 31.4 Å². The number of para-hydroxylation sites is 1. The lowest BCUT2D eigenvalue weighted by Gasteiger charge is -2.19. The number of carbonyl (C=O) groups is 2. The second kappa shape index (κ2) is 9.43. The molecule has 7 heteroatoms. The van der Waals surface area contributed by atoms with Crippen molar-refractivity contribution in [2.45, 2.75) is 44.9 Å². The first-order chi connectivity index (χ1) is 12.7. The van der Waals surface area contributed by atoms with Crippen LogP contribution in [0.25, 0.3) is 0 Å². The summed E-state index contributed by atoms with van der Waals surface area (Å²) < 4.78 is 0. The van der Waals surface area contributed by atoms with Gasteiger partial charge in [0.25, 0.3) is 5.91 Å². The van der Waals surface area contributed by atoms with Crippen LogP contribution in [-0.2, 0) is 11.2 Å². The number of nitrogens with zero attached hydrogens (tertiary/aromatic N) is 3. The van der Waals surface area contributed by atoms with E-state index in [1.807, 2.05) is 35.2 Å². The topological polar surface area (TPSA) is 75.2 Å². The summed E-state index contributed by atoms with van der Waals surface area (Å²) in [7, 11) is 0. The van der Waals surface area contributed by atoms with Gasteiger partial charge in [0.2, 0.25) is 10.9 Å². The van der Waals surface area contributed by atoms with Crippen molar-refractivity contribution in [3.63, 3.8) is 0 Å². The molecule has 1 fully saturated rings. The molecule has 1 aromatic heterocycles. The molecule has 3 rings (SSSR count). The molecule has 26 heavy (non-hydrogen) atoms.